The number of aliphatic hydroxyl groups is 1. The van der Waals surface area contributed by atoms with E-state index >= 15 is 0 Å². The SMILES string of the molecule is CNC(C)(F)CO. The van der Waals surface area contributed by atoms with Crippen LogP contribution in [0.5, 0.6) is 0 Å². The standard InChI is InChI=1S/C4H10FNO/c1-4(5,3-7)6-2/h6-7H,3H2,1-2H3. The van der Waals surface area contributed by atoms with Crippen molar-refractivity contribution >= 4 is 0 Å². The molecule has 0 bridgehead atoms. The average Bonchev–Trinajstić information content (AvgIpc) is 1.68. The smallest absolute Gasteiger partial charge is 0.181 e. The molecule has 3 heteroatoms. The zero-order valence-electron chi connectivity index (χ0n) is 4.53. The lowest BCUT2D eigenvalue weighted by molar-refractivity contribution is 0.0636. The summed E-state index contributed by atoms with van der Waals surface area (Å²) in [5.41, 5.74) is 0. The molecule has 0 aliphatic rings. The quantitative estimate of drug-likeness (QED) is 0.482. The summed E-state index contributed by atoms with van der Waals surface area (Å²) in [4.78, 5) is 0. The van der Waals surface area contributed by atoms with Gasteiger partial charge in [0.2, 0.25) is 0 Å². The van der Waals surface area contributed by atoms with E-state index in [2.05, 4.69) is 5.32 Å². The lowest BCUT2D eigenvalue weighted by Crippen LogP contribution is -2.38. The number of hydrogen-bond donors (Lipinski definition) is 2. The molecule has 0 spiro atoms. The molecule has 1 atom stereocenters. The van der Waals surface area contributed by atoms with Gasteiger partial charge in [0.1, 0.15) is 0 Å². The summed E-state index contributed by atoms with van der Waals surface area (Å²) in [5.74, 6) is -1.61. The molecule has 0 saturated carbocycles. The van der Waals surface area contributed by atoms with E-state index < -0.39 is 12.4 Å². The maximum atomic E-state index is 12.2. The second kappa shape index (κ2) is 2.23. The van der Waals surface area contributed by atoms with Crippen molar-refractivity contribution in [3.8, 4) is 0 Å². The van der Waals surface area contributed by atoms with Crippen LogP contribution in [0.15, 0.2) is 0 Å². The fraction of sp³-hybridized carbons (Fsp3) is 1.00. The number of aliphatic hydroxyl groups excluding tert-OH is 1. The largest absolute Gasteiger partial charge is 0.392 e. The molecule has 7 heavy (non-hydrogen) atoms. The Morgan fingerprint density at radius 3 is 2.29 bits per heavy atom. The van der Waals surface area contributed by atoms with Gasteiger partial charge in [0.15, 0.2) is 5.79 Å². The van der Waals surface area contributed by atoms with E-state index in [0.29, 0.717) is 0 Å². The molecule has 2 nitrogen and oxygen atoms in total. The van der Waals surface area contributed by atoms with E-state index in [1.165, 1.54) is 14.0 Å². The minimum Gasteiger partial charge on any atom is -0.392 e. The average molecular weight is 107 g/mol. The molecular weight excluding hydrogens is 97.0 g/mol. The molecule has 0 aromatic rings. The van der Waals surface area contributed by atoms with Crippen molar-refractivity contribution in [2.75, 3.05) is 13.7 Å². The van der Waals surface area contributed by atoms with Gasteiger partial charge >= 0.3 is 0 Å². The summed E-state index contributed by atoms with van der Waals surface area (Å²) in [6.45, 7) is 0.788. The molecule has 0 amide bonds. The summed E-state index contributed by atoms with van der Waals surface area (Å²) in [6.07, 6.45) is 0. The molecule has 0 heterocycles. The van der Waals surface area contributed by atoms with E-state index in [1.807, 2.05) is 0 Å². The minimum atomic E-state index is -1.61. The van der Waals surface area contributed by atoms with E-state index in [0.717, 1.165) is 0 Å². The Balaban J connectivity index is 3.36. The van der Waals surface area contributed by atoms with Gasteiger partial charge in [-0.25, -0.2) is 4.39 Å². The van der Waals surface area contributed by atoms with Gasteiger partial charge in [-0.1, -0.05) is 0 Å². The fourth-order valence-electron chi connectivity index (χ4n) is 0.0791. The van der Waals surface area contributed by atoms with Crippen molar-refractivity contribution in [3.05, 3.63) is 0 Å². The Bertz CT molecular complexity index is 49.7. The highest BCUT2D eigenvalue weighted by Crippen LogP contribution is 1.99. The lowest BCUT2D eigenvalue weighted by Gasteiger charge is -2.14. The van der Waals surface area contributed by atoms with Crippen LogP contribution in [0.2, 0.25) is 0 Å². The van der Waals surface area contributed by atoms with Crippen molar-refractivity contribution < 1.29 is 9.50 Å². The molecule has 0 fully saturated rings. The summed E-state index contributed by atoms with van der Waals surface area (Å²) < 4.78 is 12.2. The number of rotatable bonds is 2. The van der Waals surface area contributed by atoms with Crippen LogP contribution >= 0.6 is 0 Å². The Morgan fingerprint density at radius 2 is 2.29 bits per heavy atom. The third kappa shape index (κ3) is 2.53. The Hall–Kier alpha value is -0.150. The fourth-order valence-corrected chi connectivity index (χ4v) is 0.0791. The predicted molar refractivity (Wildman–Crippen MR) is 25.7 cm³/mol. The molecule has 0 aromatic carbocycles. The zero-order valence-corrected chi connectivity index (χ0v) is 4.53. The Kier molecular flexibility index (Phi) is 2.19. The second-order valence-electron chi connectivity index (χ2n) is 1.61. The van der Waals surface area contributed by atoms with Gasteiger partial charge in [-0.2, -0.15) is 0 Å². The van der Waals surface area contributed by atoms with Crippen molar-refractivity contribution in [2.24, 2.45) is 0 Å². The first-order valence-electron chi connectivity index (χ1n) is 2.11. The van der Waals surface area contributed by atoms with Crippen LogP contribution in [0, 0.1) is 0 Å². The van der Waals surface area contributed by atoms with E-state index in [-0.39, 0.29) is 0 Å². The molecule has 0 radical (unpaired) electrons. The van der Waals surface area contributed by atoms with Crippen molar-refractivity contribution in [1.29, 1.82) is 0 Å². The second-order valence-corrected chi connectivity index (χ2v) is 1.61. The maximum Gasteiger partial charge on any atom is 0.181 e. The summed E-state index contributed by atoms with van der Waals surface area (Å²) in [7, 11) is 1.45. The monoisotopic (exact) mass is 107 g/mol. The third-order valence-electron chi connectivity index (χ3n) is 0.818. The van der Waals surface area contributed by atoms with Gasteiger partial charge in [0, 0.05) is 0 Å². The predicted octanol–water partition coefficient (Wildman–Crippen LogP) is -0.116. The van der Waals surface area contributed by atoms with Crippen LogP contribution in [0.25, 0.3) is 0 Å². The van der Waals surface area contributed by atoms with Gasteiger partial charge in [0.25, 0.3) is 0 Å². The van der Waals surface area contributed by atoms with Crippen LogP contribution < -0.4 is 5.32 Å². The first-order valence-corrected chi connectivity index (χ1v) is 2.11. The van der Waals surface area contributed by atoms with Gasteiger partial charge in [-0.05, 0) is 14.0 Å². The summed E-state index contributed by atoms with van der Waals surface area (Å²) >= 11 is 0. The molecule has 0 aromatic heterocycles. The summed E-state index contributed by atoms with van der Waals surface area (Å²) in [6, 6.07) is 0. The van der Waals surface area contributed by atoms with E-state index in [1.54, 1.807) is 0 Å². The van der Waals surface area contributed by atoms with E-state index in [4.69, 9.17) is 5.11 Å². The first kappa shape index (κ1) is 6.85. The number of alkyl halides is 1. The van der Waals surface area contributed by atoms with Crippen molar-refractivity contribution in [3.63, 3.8) is 0 Å². The lowest BCUT2D eigenvalue weighted by atomic mass is 10.3. The topological polar surface area (TPSA) is 32.3 Å². The summed E-state index contributed by atoms with van der Waals surface area (Å²) in [5, 5.41) is 10.4. The highest BCUT2D eigenvalue weighted by atomic mass is 19.1. The van der Waals surface area contributed by atoms with Gasteiger partial charge in [-0.3, -0.25) is 5.32 Å². The van der Waals surface area contributed by atoms with Gasteiger partial charge < -0.3 is 5.11 Å². The van der Waals surface area contributed by atoms with Crippen LogP contribution in [-0.4, -0.2) is 24.6 Å². The van der Waals surface area contributed by atoms with Crippen LogP contribution in [0.1, 0.15) is 6.92 Å². The van der Waals surface area contributed by atoms with Crippen molar-refractivity contribution in [1.82, 2.24) is 5.32 Å². The minimum absolute atomic E-state index is 0.483. The normalized spacial score (nSPS) is 18.9. The maximum absolute atomic E-state index is 12.2. The molecule has 1 unspecified atom stereocenters. The molecular formula is C4H10FNO. The van der Waals surface area contributed by atoms with Gasteiger partial charge in [-0.15, -0.1) is 0 Å². The number of likely N-dealkylation sites (N-methyl/N-ethyl adjacent to an activating group) is 1. The van der Waals surface area contributed by atoms with Gasteiger partial charge in [0.05, 0.1) is 6.61 Å². The first-order chi connectivity index (χ1) is 3.12. The number of hydrogen-bond acceptors (Lipinski definition) is 2. The van der Waals surface area contributed by atoms with Crippen LogP contribution in [0.3, 0.4) is 0 Å². The number of nitrogens with one attached hydrogen (secondary N) is 1. The highest BCUT2D eigenvalue weighted by Gasteiger charge is 2.16. The van der Waals surface area contributed by atoms with E-state index in [9.17, 15) is 4.39 Å². The molecule has 2 N–H and O–H groups in total. The Morgan fingerprint density at radius 1 is 1.86 bits per heavy atom. The molecule has 0 aliphatic carbocycles. The zero-order chi connectivity index (χ0) is 5.91. The number of halogens is 1. The van der Waals surface area contributed by atoms with Crippen LogP contribution in [-0.2, 0) is 0 Å². The molecule has 0 aliphatic heterocycles. The van der Waals surface area contributed by atoms with Crippen LogP contribution in [0.4, 0.5) is 4.39 Å². The molecule has 0 saturated heterocycles. The van der Waals surface area contributed by atoms with Crippen molar-refractivity contribution in [2.45, 2.75) is 12.7 Å². The molecule has 44 valence electrons. The molecule has 0 rings (SSSR count). The Labute approximate surface area is 42.3 Å². The third-order valence-corrected chi connectivity index (χ3v) is 0.818. The highest BCUT2D eigenvalue weighted by molar-refractivity contribution is 4.63.